The number of likely N-dealkylation sites (tertiary alicyclic amines) is 2. The van der Waals surface area contributed by atoms with Crippen molar-refractivity contribution in [3.05, 3.63) is 18.5 Å². The SMILES string of the molecule is CN1CCC[C@@H]1[C@H]1CCCN1C(=O)CCCn1cccn1. The molecule has 0 aromatic carbocycles. The summed E-state index contributed by atoms with van der Waals surface area (Å²) in [6.07, 6.45) is 10.1. The highest BCUT2D eigenvalue weighted by molar-refractivity contribution is 5.76. The van der Waals surface area contributed by atoms with E-state index in [4.69, 9.17) is 0 Å². The van der Waals surface area contributed by atoms with Crippen LogP contribution in [-0.2, 0) is 11.3 Å². The maximum absolute atomic E-state index is 12.5. The van der Waals surface area contributed by atoms with Gasteiger partial charge in [-0.2, -0.15) is 5.10 Å². The van der Waals surface area contributed by atoms with E-state index in [1.807, 2.05) is 16.9 Å². The van der Waals surface area contributed by atoms with Crippen molar-refractivity contribution in [3.8, 4) is 0 Å². The van der Waals surface area contributed by atoms with Crippen LogP contribution in [0.25, 0.3) is 0 Å². The van der Waals surface area contributed by atoms with Crippen molar-refractivity contribution >= 4 is 5.91 Å². The molecule has 2 fully saturated rings. The van der Waals surface area contributed by atoms with Crippen molar-refractivity contribution < 1.29 is 4.79 Å². The molecule has 21 heavy (non-hydrogen) atoms. The molecule has 5 nitrogen and oxygen atoms in total. The highest BCUT2D eigenvalue weighted by Gasteiger charge is 2.37. The van der Waals surface area contributed by atoms with Crippen LogP contribution in [-0.4, -0.2) is 57.7 Å². The molecule has 0 N–H and O–H groups in total. The molecule has 0 unspecified atom stereocenters. The number of hydrogen-bond acceptors (Lipinski definition) is 3. The quantitative estimate of drug-likeness (QED) is 0.829. The first-order valence-corrected chi connectivity index (χ1v) is 8.23. The molecule has 1 aromatic heterocycles. The van der Waals surface area contributed by atoms with E-state index in [0.717, 1.165) is 19.5 Å². The Labute approximate surface area is 126 Å². The Morgan fingerprint density at radius 1 is 1.24 bits per heavy atom. The summed E-state index contributed by atoms with van der Waals surface area (Å²) in [4.78, 5) is 17.1. The number of carbonyl (C=O) groups excluding carboxylic acids is 1. The fourth-order valence-corrected chi connectivity index (χ4v) is 3.89. The van der Waals surface area contributed by atoms with Gasteiger partial charge in [-0.1, -0.05) is 0 Å². The molecule has 0 aliphatic carbocycles. The summed E-state index contributed by atoms with van der Waals surface area (Å²) in [5, 5.41) is 4.18. The van der Waals surface area contributed by atoms with Gasteiger partial charge in [-0.3, -0.25) is 9.48 Å². The first kappa shape index (κ1) is 14.6. The number of amides is 1. The molecule has 3 rings (SSSR count). The van der Waals surface area contributed by atoms with E-state index in [1.54, 1.807) is 6.20 Å². The van der Waals surface area contributed by atoms with Gasteiger partial charge in [-0.05, 0) is 51.8 Å². The number of aromatic nitrogens is 2. The summed E-state index contributed by atoms with van der Waals surface area (Å²) in [7, 11) is 2.20. The Balaban J connectivity index is 1.51. The van der Waals surface area contributed by atoms with Gasteiger partial charge in [-0.25, -0.2) is 0 Å². The monoisotopic (exact) mass is 290 g/mol. The topological polar surface area (TPSA) is 41.4 Å². The first-order chi connectivity index (χ1) is 10.3. The molecule has 1 aromatic rings. The van der Waals surface area contributed by atoms with Gasteiger partial charge in [0.25, 0.3) is 0 Å². The molecular formula is C16H26N4O. The fourth-order valence-electron chi connectivity index (χ4n) is 3.89. The molecule has 2 aliphatic heterocycles. The van der Waals surface area contributed by atoms with Crippen LogP contribution in [0.5, 0.6) is 0 Å². The third-order valence-corrected chi connectivity index (χ3v) is 4.98. The lowest BCUT2D eigenvalue weighted by atomic mass is 10.0. The zero-order chi connectivity index (χ0) is 14.7. The van der Waals surface area contributed by atoms with Crippen molar-refractivity contribution in [1.82, 2.24) is 19.6 Å². The molecular weight excluding hydrogens is 264 g/mol. The van der Waals surface area contributed by atoms with Crippen molar-refractivity contribution in [2.45, 2.75) is 57.2 Å². The van der Waals surface area contributed by atoms with E-state index in [-0.39, 0.29) is 0 Å². The van der Waals surface area contributed by atoms with E-state index < -0.39 is 0 Å². The normalized spacial score (nSPS) is 26.6. The van der Waals surface area contributed by atoms with Gasteiger partial charge in [0.1, 0.15) is 0 Å². The molecule has 0 radical (unpaired) electrons. The van der Waals surface area contributed by atoms with Crippen molar-refractivity contribution in [3.63, 3.8) is 0 Å². The summed E-state index contributed by atoms with van der Waals surface area (Å²) >= 11 is 0. The van der Waals surface area contributed by atoms with Gasteiger partial charge in [-0.15, -0.1) is 0 Å². The zero-order valence-electron chi connectivity index (χ0n) is 12.9. The van der Waals surface area contributed by atoms with Crippen LogP contribution < -0.4 is 0 Å². The molecule has 1 amide bonds. The predicted molar refractivity (Wildman–Crippen MR) is 81.8 cm³/mol. The molecule has 5 heteroatoms. The first-order valence-electron chi connectivity index (χ1n) is 8.23. The number of nitrogens with zero attached hydrogens (tertiary/aromatic N) is 4. The van der Waals surface area contributed by atoms with Crippen molar-refractivity contribution in [1.29, 1.82) is 0 Å². The molecule has 0 spiro atoms. The minimum atomic E-state index is 0.338. The molecule has 0 bridgehead atoms. The van der Waals surface area contributed by atoms with E-state index in [9.17, 15) is 4.79 Å². The highest BCUT2D eigenvalue weighted by Crippen LogP contribution is 2.29. The van der Waals surface area contributed by atoms with E-state index >= 15 is 0 Å². The Kier molecular flexibility index (Phi) is 4.58. The second-order valence-electron chi connectivity index (χ2n) is 6.36. The second-order valence-corrected chi connectivity index (χ2v) is 6.36. The Morgan fingerprint density at radius 2 is 2.05 bits per heavy atom. The molecule has 116 valence electrons. The highest BCUT2D eigenvalue weighted by atomic mass is 16.2. The van der Waals surface area contributed by atoms with Crippen LogP contribution in [0.1, 0.15) is 38.5 Å². The van der Waals surface area contributed by atoms with Crippen molar-refractivity contribution in [2.75, 3.05) is 20.1 Å². The zero-order valence-corrected chi connectivity index (χ0v) is 12.9. The maximum Gasteiger partial charge on any atom is 0.222 e. The van der Waals surface area contributed by atoms with Gasteiger partial charge in [0.15, 0.2) is 0 Å². The van der Waals surface area contributed by atoms with Crippen LogP contribution in [0.4, 0.5) is 0 Å². The number of hydrogen-bond donors (Lipinski definition) is 0. The summed E-state index contributed by atoms with van der Waals surface area (Å²) < 4.78 is 1.90. The predicted octanol–water partition coefficient (Wildman–Crippen LogP) is 1.75. The van der Waals surface area contributed by atoms with Gasteiger partial charge in [0.2, 0.25) is 5.91 Å². The molecule has 0 saturated carbocycles. The van der Waals surface area contributed by atoms with E-state index in [0.29, 0.717) is 24.4 Å². The van der Waals surface area contributed by atoms with Gasteiger partial charge < -0.3 is 9.80 Å². The lowest BCUT2D eigenvalue weighted by Gasteiger charge is -2.33. The Hall–Kier alpha value is -1.36. The smallest absolute Gasteiger partial charge is 0.222 e. The second kappa shape index (κ2) is 6.60. The maximum atomic E-state index is 12.5. The molecule has 2 aliphatic rings. The average molecular weight is 290 g/mol. The third-order valence-electron chi connectivity index (χ3n) is 4.98. The lowest BCUT2D eigenvalue weighted by Crippen LogP contribution is -2.47. The minimum Gasteiger partial charge on any atom is -0.338 e. The number of carbonyl (C=O) groups is 1. The molecule has 3 heterocycles. The van der Waals surface area contributed by atoms with Crippen LogP contribution in [0, 0.1) is 0 Å². The summed E-state index contributed by atoms with van der Waals surface area (Å²) in [5.41, 5.74) is 0. The Bertz CT molecular complexity index is 459. The number of rotatable bonds is 5. The third kappa shape index (κ3) is 3.28. The number of likely N-dealkylation sites (N-methyl/N-ethyl adjacent to an activating group) is 1. The van der Waals surface area contributed by atoms with Crippen molar-refractivity contribution in [2.24, 2.45) is 0 Å². The summed E-state index contributed by atoms with van der Waals surface area (Å²) in [5.74, 6) is 0.338. The lowest BCUT2D eigenvalue weighted by molar-refractivity contribution is -0.133. The van der Waals surface area contributed by atoms with Crippen LogP contribution in [0.2, 0.25) is 0 Å². The van der Waals surface area contributed by atoms with E-state index in [2.05, 4.69) is 21.9 Å². The van der Waals surface area contributed by atoms with Crippen LogP contribution in [0.3, 0.4) is 0 Å². The largest absolute Gasteiger partial charge is 0.338 e. The fraction of sp³-hybridized carbons (Fsp3) is 0.750. The summed E-state index contributed by atoms with van der Waals surface area (Å²) in [6, 6.07) is 2.96. The van der Waals surface area contributed by atoms with Crippen LogP contribution in [0.15, 0.2) is 18.5 Å². The van der Waals surface area contributed by atoms with Crippen LogP contribution >= 0.6 is 0 Å². The van der Waals surface area contributed by atoms with E-state index in [1.165, 1.54) is 32.2 Å². The molecule has 2 saturated heterocycles. The van der Waals surface area contributed by atoms with Gasteiger partial charge >= 0.3 is 0 Å². The minimum absolute atomic E-state index is 0.338. The summed E-state index contributed by atoms with van der Waals surface area (Å²) in [6.45, 7) is 2.97. The standard InChI is InChI=1S/C16H26N4O/c1-18-10-2-6-14(18)15-7-3-13-20(15)16(21)8-4-11-19-12-5-9-17-19/h5,9,12,14-15H,2-4,6-8,10-11,13H2,1H3/t14-,15-/m1/s1. The molecule has 2 atom stereocenters. The number of aryl methyl sites for hydroxylation is 1. The van der Waals surface area contributed by atoms with Gasteiger partial charge in [0, 0.05) is 44.0 Å². The average Bonchev–Trinajstić information content (AvgIpc) is 3.18. The van der Waals surface area contributed by atoms with Gasteiger partial charge in [0.05, 0.1) is 0 Å². The Morgan fingerprint density at radius 3 is 2.76 bits per heavy atom.